The Morgan fingerprint density at radius 1 is 1.53 bits per heavy atom. The van der Waals surface area contributed by atoms with E-state index in [2.05, 4.69) is 0 Å². The lowest BCUT2D eigenvalue weighted by molar-refractivity contribution is 0.267. The van der Waals surface area contributed by atoms with Crippen molar-refractivity contribution < 1.29 is 9.47 Å². The first kappa shape index (κ1) is 12.1. The van der Waals surface area contributed by atoms with E-state index in [9.17, 15) is 0 Å². The van der Waals surface area contributed by atoms with Crippen molar-refractivity contribution in [3.63, 3.8) is 0 Å². The smallest absolute Gasteiger partial charge is 0.126 e. The fourth-order valence-corrected chi connectivity index (χ4v) is 1.82. The Balaban J connectivity index is 0.00000112. The normalized spacial score (nSPS) is 18.4. The second-order valence-corrected chi connectivity index (χ2v) is 3.47. The molecule has 1 atom stereocenters. The van der Waals surface area contributed by atoms with Crippen LogP contribution in [0.4, 0.5) is 0 Å². The number of ether oxygens (including phenoxy) is 2. The van der Waals surface area contributed by atoms with Crippen LogP contribution in [0.25, 0.3) is 0 Å². The molecule has 84 valence electrons. The van der Waals surface area contributed by atoms with E-state index < -0.39 is 0 Å². The van der Waals surface area contributed by atoms with Crippen molar-refractivity contribution in [2.45, 2.75) is 12.3 Å². The second kappa shape index (κ2) is 5.24. The number of rotatable bonds is 2. The van der Waals surface area contributed by atoms with E-state index in [1.807, 2.05) is 18.2 Å². The maximum absolute atomic E-state index is 5.70. The third kappa shape index (κ3) is 2.36. The zero-order chi connectivity index (χ0) is 9.97. The van der Waals surface area contributed by atoms with Crippen LogP contribution in [0.3, 0.4) is 0 Å². The van der Waals surface area contributed by atoms with Crippen LogP contribution in [0.5, 0.6) is 11.5 Å². The molecule has 3 nitrogen and oxygen atoms in total. The molecule has 0 amide bonds. The zero-order valence-electron chi connectivity index (χ0n) is 8.73. The monoisotopic (exact) mass is 229 g/mol. The molecule has 2 N–H and O–H groups in total. The number of halogens is 1. The summed E-state index contributed by atoms with van der Waals surface area (Å²) in [4.78, 5) is 0. The third-order valence-corrected chi connectivity index (χ3v) is 2.67. The highest BCUT2D eigenvalue weighted by molar-refractivity contribution is 5.85. The van der Waals surface area contributed by atoms with E-state index in [1.54, 1.807) is 7.11 Å². The Kier molecular flexibility index (Phi) is 4.24. The number of hydrogen-bond donors (Lipinski definition) is 1. The minimum atomic E-state index is 0. The van der Waals surface area contributed by atoms with Crippen molar-refractivity contribution in [2.24, 2.45) is 5.73 Å². The highest BCUT2D eigenvalue weighted by Gasteiger charge is 2.20. The summed E-state index contributed by atoms with van der Waals surface area (Å²) in [7, 11) is 1.66. The van der Waals surface area contributed by atoms with Crippen molar-refractivity contribution in [3.05, 3.63) is 23.8 Å². The Morgan fingerprint density at radius 2 is 2.33 bits per heavy atom. The van der Waals surface area contributed by atoms with Crippen molar-refractivity contribution in [2.75, 3.05) is 20.3 Å². The number of nitrogens with two attached hydrogens (primary N) is 1. The number of hydrogen-bond acceptors (Lipinski definition) is 3. The molecule has 0 radical (unpaired) electrons. The van der Waals surface area contributed by atoms with Crippen LogP contribution >= 0.6 is 12.4 Å². The molecule has 1 aliphatic heterocycles. The van der Waals surface area contributed by atoms with E-state index >= 15 is 0 Å². The molecule has 0 bridgehead atoms. The van der Waals surface area contributed by atoms with Gasteiger partial charge >= 0.3 is 0 Å². The molecular formula is C11H16ClNO2. The van der Waals surface area contributed by atoms with Crippen LogP contribution in [-0.2, 0) is 0 Å². The van der Waals surface area contributed by atoms with Crippen LogP contribution in [0, 0.1) is 0 Å². The SMILES string of the molecule is COc1ccc2c(c1)OCCC2CN.Cl. The molecule has 15 heavy (non-hydrogen) atoms. The molecule has 1 aromatic rings. The van der Waals surface area contributed by atoms with Gasteiger partial charge in [0.05, 0.1) is 13.7 Å². The highest BCUT2D eigenvalue weighted by atomic mass is 35.5. The molecule has 0 aliphatic carbocycles. The van der Waals surface area contributed by atoms with Crippen LogP contribution < -0.4 is 15.2 Å². The maximum Gasteiger partial charge on any atom is 0.126 e. The molecule has 0 saturated heterocycles. The van der Waals surface area contributed by atoms with Crippen LogP contribution in [0.1, 0.15) is 17.9 Å². The predicted molar refractivity (Wildman–Crippen MR) is 62.1 cm³/mol. The molecule has 1 unspecified atom stereocenters. The lowest BCUT2D eigenvalue weighted by Gasteiger charge is -2.25. The molecule has 0 aromatic heterocycles. The van der Waals surface area contributed by atoms with Gasteiger partial charge in [-0.1, -0.05) is 6.07 Å². The van der Waals surface area contributed by atoms with Crippen LogP contribution in [0.2, 0.25) is 0 Å². The fraction of sp³-hybridized carbons (Fsp3) is 0.455. The molecule has 1 heterocycles. The lowest BCUT2D eigenvalue weighted by atomic mass is 9.93. The van der Waals surface area contributed by atoms with Gasteiger partial charge in [-0.25, -0.2) is 0 Å². The van der Waals surface area contributed by atoms with Crippen LogP contribution in [-0.4, -0.2) is 20.3 Å². The van der Waals surface area contributed by atoms with Gasteiger partial charge < -0.3 is 15.2 Å². The molecule has 0 saturated carbocycles. The molecule has 4 heteroatoms. The van der Waals surface area contributed by atoms with E-state index in [4.69, 9.17) is 15.2 Å². The fourth-order valence-electron chi connectivity index (χ4n) is 1.82. The first-order valence-electron chi connectivity index (χ1n) is 4.86. The molecule has 2 rings (SSSR count). The van der Waals surface area contributed by atoms with E-state index in [1.165, 1.54) is 5.56 Å². The molecule has 0 spiro atoms. The summed E-state index contributed by atoms with van der Waals surface area (Å²) in [5, 5.41) is 0. The molecular weight excluding hydrogens is 214 g/mol. The van der Waals surface area contributed by atoms with Gasteiger partial charge in [0.25, 0.3) is 0 Å². The molecule has 0 fully saturated rings. The topological polar surface area (TPSA) is 44.5 Å². The quantitative estimate of drug-likeness (QED) is 0.843. The van der Waals surface area contributed by atoms with E-state index in [0.717, 1.165) is 24.5 Å². The lowest BCUT2D eigenvalue weighted by Crippen LogP contribution is -2.20. The maximum atomic E-state index is 5.70. The summed E-state index contributed by atoms with van der Waals surface area (Å²) in [6.45, 7) is 1.44. The van der Waals surface area contributed by atoms with Crippen molar-refractivity contribution in [3.8, 4) is 11.5 Å². The van der Waals surface area contributed by atoms with Gasteiger partial charge in [0, 0.05) is 12.0 Å². The second-order valence-electron chi connectivity index (χ2n) is 3.47. The molecule has 1 aliphatic rings. The van der Waals surface area contributed by atoms with Gasteiger partial charge in [0.1, 0.15) is 11.5 Å². The van der Waals surface area contributed by atoms with E-state index in [0.29, 0.717) is 12.5 Å². The van der Waals surface area contributed by atoms with Gasteiger partial charge in [-0.3, -0.25) is 0 Å². The number of benzene rings is 1. The summed E-state index contributed by atoms with van der Waals surface area (Å²) in [6, 6.07) is 5.93. The summed E-state index contributed by atoms with van der Waals surface area (Å²) in [5.74, 6) is 2.19. The first-order chi connectivity index (χ1) is 6.85. The zero-order valence-corrected chi connectivity index (χ0v) is 9.55. The summed E-state index contributed by atoms with van der Waals surface area (Å²) >= 11 is 0. The standard InChI is InChI=1S/C11H15NO2.ClH/c1-13-9-2-3-10-8(7-12)4-5-14-11(10)6-9;/h2-3,6,8H,4-5,7,12H2,1H3;1H. The Morgan fingerprint density at radius 3 is 3.00 bits per heavy atom. The third-order valence-electron chi connectivity index (χ3n) is 2.67. The Bertz CT molecular complexity index is 330. The van der Waals surface area contributed by atoms with E-state index in [-0.39, 0.29) is 12.4 Å². The average molecular weight is 230 g/mol. The predicted octanol–water partition coefficient (Wildman–Crippen LogP) is 1.94. The van der Waals surface area contributed by atoms with Gasteiger partial charge in [-0.15, -0.1) is 12.4 Å². The summed E-state index contributed by atoms with van der Waals surface area (Å²) in [6.07, 6.45) is 1.01. The summed E-state index contributed by atoms with van der Waals surface area (Å²) in [5.41, 5.74) is 6.91. The van der Waals surface area contributed by atoms with Crippen molar-refractivity contribution in [1.82, 2.24) is 0 Å². The Labute approximate surface area is 96.0 Å². The van der Waals surface area contributed by atoms with Gasteiger partial charge in [-0.2, -0.15) is 0 Å². The number of methoxy groups -OCH3 is 1. The highest BCUT2D eigenvalue weighted by Crippen LogP contribution is 2.35. The minimum absolute atomic E-state index is 0. The minimum Gasteiger partial charge on any atom is -0.497 e. The Hall–Kier alpha value is -0.930. The number of fused-ring (bicyclic) bond motifs is 1. The first-order valence-corrected chi connectivity index (χ1v) is 4.86. The van der Waals surface area contributed by atoms with Gasteiger partial charge in [0.2, 0.25) is 0 Å². The largest absolute Gasteiger partial charge is 0.497 e. The van der Waals surface area contributed by atoms with Crippen molar-refractivity contribution in [1.29, 1.82) is 0 Å². The molecule has 1 aromatic carbocycles. The van der Waals surface area contributed by atoms with Crippen LogP contribution in [0.15, 0.2) is 18.2 Å². The van der Waals surface area contributed by atoms with Crippen molar-refractivity contribution >= 4 is 12.4 Å². The van der Waals surface area contributed by atoms with Gasteiger partial charge in [-0.05, 0) is 24.6 Å². The summed E-state index contributed by atoms with van der Waals surface area (Å²) < 4.78 is 10.7. The average Bonchev–Trinajstić information content (AvgIpc) is 2.27. The van der Waals surface area contributed by atoms with Gasteiger partial charge in [0.15, 0.2) is 0 Å².